The van der Waals surface area contributed by atoms with Crippen molar-refractivity contribution in [3.63, 3.8) is 0 Å². The Labute approximate surface area is 138 Å². The maximum atomic E-state index is 13.7. The first kappa shape index (κ1) is 16.3. The van der Waals surface area contributed by atoms with Crippen LogP contribution in [0.25, 0.3) is 0 Å². The van der Waals surface area contributed by atoms with E-state index in [1.807, 2.05) is 0 Å². The fraction of sp³-hybridized carbons (Fsp3) is 0.0769. The van der Waals surface area contributed by atoms with Crippen molar-refractivity contribution in [2.75, 3.05) is 11.8 Å². The molecule has 21 heavy (non-hydrogen) atoms. The summed E-state index contributed by atoms with van der Waals surface area (Å²) in [6, 6.07) is 8.51. The number of halogens is 3. The second-order valence-electron chi connectivity index (χ2n) is 4.03. The van der Waals surface area contributed by atoms with E-state index in [1.165, 1.54) is 25.3 Å². The van der Waals surface area contributed by atoms with Crippen LogP contribution in [0.1, 0.15) is 0 Å². The molecule has 112 valence electrons. The molecule has 0 bridgehead atoms. The third-order valence-electron chi connectivity index (χ3n) is 2.60. The molecule has 0 fully saturated rings. The van der Waals surface area contributed by atoms with Gasteiger partial charge in [-0.1, -0.05) is 15.9 Å². The highest BCUT2D eigenvalue weighted by molar-refractivity contribution is 9.11. The van der Waals surface area contributed by atoms with Gasteiger partial charge in [0.15, 0.2) is 0 Å². The molecule has 0 radical (unpaired) electrons. The van der Waals surface area contributed by atoms with Crippen LogP contribution in [0.2, 0.25) is 0 Å². The molecule has 4 nitrogen and oxygen atoms in total. The van der Waals surface area contributed by atoms with Gasteiger partial charge in [0.1, 0.15) is 16.5 Å². The van der Waals surface area contributed by atoms with Crippen LogP contribution in [-0.4, -0.2) is 15.5 Å². The van der Waals surface area contributed by atoms with E-state index in [0.29, 0.717) is 14.7 Å². The van der Waals surface area contributed by atoms with Crippen LogP contribution in [0.15, 0.2) is 50.2 Å². The van der Waals surface area contributed by atoms with Crippen molar-refractivity contribution in [1.82, 2.24) is 0 Å². The molecule has 0 amide bonds. The minimum Gasteiger partial charge on any atom is -0.497 e. The summed E-state index contributed by atoms with van der Waals surface area (Å²) in [5.74, 6) is -0.340. The number of hydrogen-bond donors (Lipinski definition) is 1. The zero-order valence-electron chi connectivity index (χ0n) is 10.7. The summed E-state index contributed by atoms with van der Waals surface area (Å²) in [5, 5.41) is 0. The molecule has 0 aliphatic carbocycles. The average Bonchev–Trinajstić information content (AvgIpc) is 2.43. The van der Waals surface area contributed by atoms with E-state index >= 15 is 0 Å². The molecule has 0 aliphatic heterocycles. The summed E-state index contributed by atoms with van der Waals surface area (Å²) in [6.07, 6.45) is 0. The highest BCUT2D eigenvalue weighted by Crippen LogP contribution is 2.29. The number of ether oxygens (including phenoxy) is 1. The summed E-state index contributed by atoms with van der Waals surface area (Å²) in [5.41, 5.74) is -0.179. The summed E-state index contributed by atoms with van der Waals surface area (Å²) in [7, 11) is -2.52. The first-order chi connectivity index (χ1) is 9.83. The van der Waals surface area contributed by atoms with Crippen LogP contribution < -0.4 is 9.46 Å². The molecule has 0 aromatic heterocycles. The van der Waals surface area contributed by atoms with Crippen molar-refractivity contribution >= 4 is 47.6 Å². The van der Waals surface area contributed by atoms with Crippen molar-refractivity contribution in [3.8, 4) is 5.75 Å². The topological polar surface area (TPSA) is 55.4 Å². The highest BCUT2D eigenvalue weighted by atomic mass is 79.9. The summed E-state index contributed by atoms with van der Waals surface area (Å²) in [4.78, 5) is -0.000838. The van der Waals surface area contributed by atoms with Crippen LogP contribution in [0, 0.1) is 5.82 Å². The number of rotatable bonds is 4. The van der Waals surface area contributed by atoms with Gasteiger partial charge < -0.3 is 4.74 Å². The lowest BCUT2D eigenvalue weighted by atomic mass is 10.3. The number of sulfonamides is 1. The van der Waals surface area contributed by atoms with Crippen molar-refractivity contribution in [2.45, 2.75) is 4.90 Å². The number of methoxy groups -OCH3 is 1. The number of nitrogens with one attached hydrogen (secondary N) is 1. The predicted octanol–water partition coefficient (Wildman–Crippen LogP) is 4.16. The van der Waals surface area contributed by atoms with Crippen molar-refractivity contribution in [1.29, 1.82) is 0 Å². The maximum absolute atomic E-state index is 13.7. The zero-order chi connectivity index (χ0) is 15.6. The van der Waals surface area contributed by atoms with Gasteiger partial charge >= 0.3 is 0 Å². The molecule has 0 atom stereocenters. The third kappa shape index (κ3) is 3.75. The molecule has 0 saturated carbocycles. The predicted molar refractivity (Wildman–Crippen MR) is 85.6 cm³/mol. The zero-order valence-corrected chi connectivity index (χ0v) is 14.7. The van der Waals surface area contributed by atoms with Crippen LogP contribution >= 0.6 is 31.9 Å². The molecule has 2 rings (SSSR count). The molecule has 8 heteroatoms. The summed E-state index contributed by atoms with van der Waals surface area (Å²) < 4.78 is 46.6. The van der Waals surface area contributed by atoms with Gasteiger partial charge in [-0.25, -0.2) is 12.8 Å². The summed E-state index contributed by atoms with van der Waals surface area (Å²) in [6.45, 7) is 0. The lowest BCUT2D eigenvalue weighted by molar-refractivity contribution is 0.414. The normalized spacial score (nSPS) is 11.2. The van der Waals surface area contributed by atoms with Gasteiger partial charge in [-0.05, 0) is 46.3 Å². The Balaban J connectivity index is 2.44. The number of anilines is 1. The standard InChI is InChI=1S/C13H10Br2FNO3S/c1-20-9-3-5-11(16)12(7-9)17-21(18,19)13-6-8(14)2-4-10(13)15/h2-7,17H,1H3. The first-order valence-electron chi connectivity index (χ1n) is 5.65. The Morgan fingerprint density at radius 2 is 1.86 bits per heavy atom. The van der Waals surface area contributed by atoms with E-state index in [9.17, 15) is 12.8 Å². The molecule has 0 spiro atoms. The smallest absolute Gasteiger partial charge is 0.263 e. The first-order valence-corrected chi connectivity index (χ1v) is 8.72. The lowest BCUT2D eigenvalue weighted by Gasteiger charge is -2.11. The van der Waals surface area contributed by atoms with E-state index in [0.717, 1.165) is 6.07 Å². The van der Waals surface area contributed by atoms with Gasteiger partial charge in [0.25, 0.3) is 10.0 Å². The Hall–Kier alpha value is -1.12. The molecular weight excluding hydrogens is 429 g/mol. The Bertz CT molecular complexity index is 781. The second-order valence-corrected chi connectivity index (χ2v) is 7.45. The molecular formula is C13H10Br2FNO3S. The van der Waals surface area contributed by atoms with Crippen LogP contribution in [-0.2, 0) is 10.0 Å². The maximum Gasteiger partial charge on any atom is 0.263 e. The Morgan fingerprint density at radius 3 is 2.52 bits per heavy atom. The largest absolute Gasteiger partial charge is 0.497 e. The van der Waals surface area contributed by atoms with E-state index in [1.54, 1.807) is 12.1 Å². The van der Waals surface area contributed by atoms with E-state index < -0.39 is 15.8 Å². The van der Waals surface area contributed by atoms with E-state index in [2.05, 4.69) is 36.6 Å². The van der Waals surface area contributed by atoms with Gasteiger partial charge in [0.05, 0.1) is 12.8 Å². The van der Waals surface area contributed by atoms with Crippen molar-refractivity contribution in [3.05, 3.63) is 51.2 Å². The van der Waals surface area contributed by atoms with Gasteiger partial charge in [-0.3, -0.25) is 4.72 Å². The molecule has 2 aromatic carbocycles. The molecule has 0 heterocycles. The van der Waals surface area contributed by atoms with Crippen LogP contribution in [0.5, 0.6) is 5.75 Å². The van der Waals surface area contributed by atoms with Gasteiger partial charge in [0, 0.05) is 15.0 Å². The third-order valence-corrected chi connectivity index (χ3v) is 5.45. The molecule has 2 aromatic rings. The summed E-state index contributed by atoms with van der Waals surface area (Å²) >= 11 is 6.37. The van der Waals surface area contributed by atoms with Gasteiger partial charge in [-0.2, -0.15) is 0 Å². The van der Waals surface area contributed by atoms with E-state index in [-0.39, 0.29) is 10.6 Å². The van der Waals surface area contributed by atoms with Crippen LogP contribution in [0.3, 0.4) is 0 Å². The lowest BCUT2D eigenvalue weighted by Crippen LogP contribution is -2.14. The Morgan fingerprint density at radius 1 is 1.14 bits per heavy atom. The van der Waals surface area contributed by atoms with Crippen molar-refractivity contribution < 1.29 is 17.5 Å². The minimum atomic E-state index is -3.94. The van der Waals surface area contributed by atoms with Gasteiger partial charge in [0.2, 0.25) is 0 Å². The molecule has 0 unspecified atom stereocenters. The van der Waals surface area contributed by atoms with Crippen LogP contribution in [0.4, 0.5) is 10.1 Å². The number of hydrogen-bond acceptors (Lipinski definition) is 3. The average molecular weight is 439 g/mol. The second kappa shape index (κ2) is 6.33. The molecule has 0 aliphatic rings. The Kier molecular flexibility index (Phi) is 4.90. The quantitative estimate of drug-likeness (QED) is 0.779. The fourth-order valence-electron chi connectivity index (χ4n) is 1.59. The molecule has 1 N–H and O–H groups in total. The monoisotopic (exact) mass is 437 g/mol. The minimum absolute atomic E-state index is 0.000838. The highest BCUT2D eigenvalue weighted by Gasteiger charge is 2.20. The van der Waals surface area contributed by atoms with E-state index in [4.69, 9.17) is 4.74 Å². The SMILES string of the molecule is COc1ccc(F)c(NS(=O)(=O)c2cc(Br)ccc2Br)c1. The molecule has 0 saturated heterocycles. The fourth-order valence-corrected chi connectivity index (χ4v) is 4.15. The number of benzene rings is 2. The van der Waals surface area contributed by atoms with Crippen molar-refractivity contribution in [2.24, 2.45) is 0 Å². The van der Waals surface area contributed by atoms with Gasteiger partial charge in [-0.15, -0.1) is 0 Å².